The first-order chi connectivity index (χ1) is 14.2. The Kier molecular flexibility index (Phi) is 8.16. The number of hydrogen-bond acceptors (Lipinski definition) is 5. The molecule has 0 aliphatic heterocycles. The van der Waals surface area contributed by atoms with Crippen LogP contribution >= 0.6 is 11.6 Å². The van der Waals surface area contributed by atoms with Gasteiger partial charge in [0.2, 0.25) is 10.0 Å². The van der Waals surface area contributed by atoms with Crippen LogP contribution in [0.2, 0.25) is 5.02 Å². The molecule has 0 aromatic heterocycles. The van der Waals surface area contributed by atoms with Gasteiger partial charge in [0.25, 0.3) is 11.8 Å². The molecule has 11 heteroatoms. The summed E-state index contributed by atoms with van der Waals surface area (Å²) in [5.41, 5.74) is 4.17. The molecular formula is C19H21ClFN3O5S. The van der Waals surface area contributed by atoms with Crippen LogP contribution in [0.15, 0.2) is 47.4 Å². The van der Waals surface area contributed by atoms with Gasteiger partial charge in [-0.2, -0.15) is 4.31 Å². The number of nitrogens with one attached hydrogen (secondary N) is 2. The monoisotopic (exact) mass is 457 g/mol. The standard InChI is InChI=1S/C19H21ClFN3O5S/c1-3-24(4-2)30(27,28)15-9-10-17(20)16(11-15)19(26)23-22-18(25)12-29-14-7-5-13(21)6-8-14/h5-11H,3-4,12H2,1-2H3,(H,22,25)(H,23,26). The second-order valence-corrected chi connectivity index (χ2v) is 8.32. The molecule has 0 aliphatic rings. The van der Waals surface area contributed by atoms with Crippen LogP contribution in [0, 0.1) is 5.82 Å². The molecule has 2 rings (SSSR count). The number of halogens is 2. The number of hydrazine groups is 1. The Morgan fingerprint density at radius 2 is 1.70 bits per heavy atom. The Balaban J connectivity index is 2.02. The van der Waals surface area contributed by atoms with Crippen molar-refractivity contribution in [1.29, 1.82) is 0 Å². The zero-order valence-corrected chi connectivity index (χ0v) is 17.9. The van der Waals surface area contributed by atoms with E-state index in [1.807, 2.05) is 0 Å². The third kappa shape index (κ3) is 5.91. The van der Waals surface area contributed by atoms with Gasteiger partial charge in [-0.1, -0.05) is 25.4 Å². The summed E-state index contributed by atoms with van der Waals surface area (Å²) in [5, 5.41) is 0.0165. The minimum atomic E-state index is -3.79. The van der Waals surface area contributed by atoms with Crippen LogP contribution in [0.4, 0.5) is 4.39 Å². The van der Waals surface area contributed by atoms with Crippen molar-refractivity contribution in [2.75, 3.05) is 19.7 Å². The van der Waals surface area contributed by atoms with Gasteiger partial charge in [-0.15, -0.1) is 0 Å². The molecule has 0 unspecified atom stereocenters. The highest BCUT2D eigenvalue weighted by Crippen LogP contribution is 2.23. The number of benzene rings is 2. The predicted octanol–water partition coefficient (Wildman–Crippen LogP) is 2.35. The van der Waals surface area contributed by atoms with E-state index in [4.69, 9.17) is 16.3 Å². The Labute approximate surface area is 179 Å². The fourth-order valence-corrected chi connectivity index (χ4v) is 4.15. The van der Waals surface area contributed by atoms with E-state index in [0.717, 1.165) is 6.07 Å². The van der Waals surface area contributed by atoms with Crippen LogP contribution in [0.1, 0.15) is 24.2 Å². The van der Waals surface area contributed by atoms with Gasteiger partial charge in [0.1, 0.15) is 11.6 Å². The third-order valence-corrected chi connectivity index (χ3v) is 6.40. The van der Waals surface area contributed by atoms with Crippen molar-refractivity contribution < 1.29 is 27.1 Å². The van der Waals surface area contributed by atoms with Gasteiger partial charge in [0.05, 0.1) is 15.5 Å². The van der Waals surface area contributed by atoms with Crippen LogP contribution in [0.25, 0.3) is 0 Å². The topological polar surface area (TPSA) is 105 Å². The van der Waals surface area contributed by atoms with Crippen molar-refractivity contribution in [1.82, 2.24) is 15.2 Å². The molecule has 162 valence electrons. The van der Waals surface area contributed by atoms with Crippen molar-refractivity contribution in [3.05, 3.63) is 58.9 Å². The molecule has 0 heterocycles. The average Bonchev–Trinajstić information content (AvgIpc) is 2.72. The molecule has 2 aromatic carbocycles. The van der Waals surface area contributed by atoms with Gasteiger partial charge in [0.15, 0.2) is 6.61 Å². The van der Waals surface area contributed by atoms with Crippen molar-refractivity contribution in [3.8, 4) is 5.75 Å². The number of carbonyl (C=O) groups is 2. The molecule has 0 bridgehead atoms. The minimum Gasteiger partial charge on any atom is -0.484 e. The van der Waals surface area contributed by atoms with E-state index in [1.165, 1.54) is 40.7 Å². The Bertz CT molecular complexity index is 1010. The van der Waals surface area contributed by atoms with Crippen molar-refractivity contribution in [2.24, 2.45) is 0 Å². The first kappa shape index (κ1) is 23.6. The first-order valence-corrected chi connectivity index (χ1v) is 10.8. The highest BCUT2D eigenvalue weighted by atomic mass is 35.5. The van der Waals surface area contributed by atoms with Crippen LogP contribution < -0.4 is 15.6 Å². The number of carbonyl (C=O) groups excluding carboxylic acids is 2. The quantitative estimate of drug-likeness (QED) is 0.592. The summed E-state index contributed by atoms with van der Waals surface area (Å²) < 4.78 is 44.5. The summed E-state index contributed by atoms with van der Waals surface area (Å²) in [5.74, 6) is -1.65. The second kappa shape index (κ2) is 10.4. The van der Waals surface area contributed by atoms with E-state index in [0.29, 0.717) is 0 Å². The molecule has 0 aliphatic carbocycles. The summed E-state index contributed by atoms with van der Waals surface area (Å²) in [7, 11) is -3.79. The van der Waals surface area contributed by atoms with E-state index >= 15 is 0 Å². The lowest BCUT2D eigenvalue weighted by Crippen LogP contribution is -2.44. The van der Waals surface area contributed by atoms with Crippen LogP contribution in [-0.4, -0.2) is 44.2 Å². The van der Waals surface area contributed by atoms with E-state index in [1.54, 1.807) is 13.8 Å². The molecule has 30 heavy (non-hydrogen) atoms. The molecule has 2 amide bonds. The van der Waals surface area contributed by atoms with Crippen molar-refractivity contribution >= 4 is 33.4 Å². The largest absolute Gasteiger partial charge is 0.484 e. The van der Waals surface area contributed by atoms with Gasteiger partial charge < -0.3 is 4.74 Å². The van der Waals surface area contributed by atoms with Gasteiger partial charge in [-0.3, -0.25) is 20.4 Å². The van der Waals surface area contributed by atoms with E-state index in [9.17, 15) is 22.4 Å². The summed E-state index contributed by atoms with van der Waals surface area (Å²) >= 11 is 6.02. The number of hydrogen-bond donors (Lipinski definition) is 2. The van der Waals surface area contributed by atoms with Crippen molar-refractivity contribution in [3.63, 3.8) is 0 Å². The Morgan fingerprint density at radius 3 is 2.30 bits per heavy atom. The summed E-state index contributed by atoms with van der Waals surface area (Å²) in [6.07, 6.45) is 0. The smallest absolute Gasteiger partial charge is 0.276 e. The van der Waals surface area contributed by atoms with Crippen LogP contribution in [-0.2, 0) is 14.8 Å². The molecule has 0 spiro atoms. The maximum atomic E-state index is 12.8. The molecule has 2 N–H and O–H groups in total. The number of amides is 2. The number of nitrogens with zero attached hydrogens (tertiary/aromatic N) is 1. The lowest BCUT2D eigenvalue weighted by molar-refractivity contribution is -0.123. The van der Waals surface area contributed by atoms with Gasteiger partial charge in [-0.05, 0) is 42.5 Å². The number of ether oxygens (including phenoxy) is 1. The second-order valence-electron chi connectivity index (χ2n) is 5.98. The molecule has 2 aromatic rings. The fraction of sp³-hybridized carbons (Fsp3) is 0.263. The summed E-state index contributed by atoms with van der Waals surface area (Å²) in [6, 6.07) is 8.80. The number of rotatable bonds is 8. The number of sulfonamides is 1. The highest BCUT2D eigenvalue weighted by Gasteiger charge is 2.24. The third-order valence-electron chi connectivity index (χ3n) is 4.02. The zero-order valence-electron chi connectivity index (χ0n) is 16.3. The maximum Gasteiger partial charge on any atom is 0.276 e. The summed E-state index contributed by atoms with van der Waals surface area (Å²) in [6.45, 7) is 3.51. The fourth-order valence-electron chi connectivity index (χ4n) is 2.46. The predicted molar refractivity (Wildman–Crippen MR) is 109 cm³/mol. The lowest BCUT2D eigenvalue weighted by atomic mass is 10.2. The SMILES string of the molecule is CCN(CC)S(=O)(=O)c1ccc(Cl)c(C(=O)NNC(=O)COc2ccc(F)cc2)c1. The molecular weight excluding hydrogens is 437 g/mol. The van der Waals surface area contributed by atoms with E-state index in [-0.39, 0.29) is 34.3 Å². The Morgan fingerprint density at radius 1 is 1.07 bits per heavy atom. The highest BCUT2D eigenvalue weighted by molar-refractivity contribution is 7.89. The van der Waals surface area contributed by atoms with E-state index in [2.05, 4.69) is 10.9 Å². The minimum absolute atomic E-state index is 0.0165. The molecule has 0 saturated heterocycles. The van der Waals surface area contributed by atoms with E-state index < -0.39 is 34.3 Å². The molecule has 0 radical (unpaired) electrons. The summed E-state index contributed by atoms with van der Waals surface area (Å²) in [4.78, 5) is 24.1. The molecule has 8 nitrogen and oxygen atoms in total. The van der Waals surface area contributed by atoms with Gasteiger partial charge in [0, 0.05) is 13.1 Å². The Hall–Kier alpha value is -2.69. The molecule has 0 fully saturated rings. The average molecular weight is 458 g/mol. The van der Waals surface area contributed by atoms with Gasteiger partial charge >= 0.3 is 0 Å². The molecule has 0 atom stereocenters. The normalized spacial score (nSPS) is 11.2. The van der Waals surface area contributed by atoms with Gasteiger partial charge in [-0.25, -0.2) is 12.8 Å². The van der Waals surface area contributed by atoms with Crippen LogP contribution in [0.5, 0.6) is 5.75 Å². The maximum absolute atomic E-state index is 12.8. The van der Waals surface area contributed by atoms with Crippen LogP contribution in [0.3, 0.4) is 0 Å². The lowest BCUT2D eigenvalue weighted by Gasteiger charge is -2.19. The van der Waals surface area contributed by atoms with Crippen molar-refractivity contribution in [2.45, 2.75) is 18.7 Å². The molecule has 0 saturated carbocycles. The zero-order chi connectivity index (χ0) is 22.3. The first-order valence-electron chi connectivity index (χ1n) is 8.96.